The summed E-state index contributed by atoms with van der Waals surface area (Å²) in [5.74, 6) is -1.85. The molecule has 5 nitrogen and oxygen atoms in total. The van der Waals surface area contributed by atoms with Crippen molar-refractivity contribution in [2.75, 3.05) is 6.61 Å². The maximum atomic E-state index is 12.5. The SMILES string of the molecule is CC(=O)CC(=O)OCC(=CC(F)F)NC(=O)c1ccccc1. The summed E-state index contributed by atoms with van der Waals surface area (Å²) in [6, 6.07) is 7.97. The molecule has 1 aromatic carbocycles. The lowest BCUT2D eigenvalue weighted by atomic mass is 10.2. The van der Waals surface area contributed by atoms with Crippen LogP contribution < -0.4 is 5.32 Å². The van der Waals surface area contributed by atoms with E-state index in [0.29, 0.717) is 6.08 Å². The van der Waals surface area contributed by atoms with Crippen LogP contribution in [0.15, 0.2) is 42.1 Å². The minimum atomic E-state index is -2.82. The Morgan fingerprint density at radius 3 is 2.41 bits per heavy atom. The lowest BCUT2D eigenvalue weighted by Gasteiger charge is -2.11. The van der Waals surface area contributed by atoms with Crippen LogP contribution in [0, 0.1) is 0 Å². The highest BCUT2D eigenvalue weighted by Crippen LogP contribution is 2.04. The van der Waals surface area contributed by atoms with Crippen molar-refractivity contribution < 1.29 is 27.9 Å². The molecule has 0 saturated carbocycles. The van der Waals surface area contributed by atoms with Crippen molar-refractivity contribution in [3.8, 4) is 0 Å². The molecular weight excluding hydrogens is 296 g/mol. The first-order valence-corrected chi connectivity index (χ1v) is 6.38. The van der Waals surface area contributed by atoms with E-state index >= 15 is 0 Å². The van der Waals surface area contributed by atoms with E-state index in [-0.39, 0.29) is 11.3 Å². The first-order chi connectivity index (χ1) is 10.4. The second-order valence-corrected chi connectivity index (χ2v) is 4.39. The van der Waals surface area contributed by atoms with Gasteiger partial charge in [0, 0.05) is 11.6 Å². The van der Waals surface area contributed by atoms with Crippen molar-refractivity contribution in [2.24, 2.45) is 0 Å². The van der Waals surface area contributed by atoms with Crippen LogP contribution >= 0.6 is 0 Å². The zero-order valence-corrected chi connectivity index (χ0v) is 11.8. The monoisotopic (exact) mass is 311 g/mol. The summed E-state index contributed by atoms with van der Waals surface area (Å²) in [5, 5.41) is 2.25. The number of halogens is 2. The number of rotatable bonds is 7. The second-order valence-electron chi connectivity index (χ2n) is 4.39. The Morgan fingerprint density at radius 2 is 1.86 bits per heavy atom. The number of alkyl halides is 2. The van der Waals surface area contributed by atoms with Gasteiger partial charge in [-0.2, -0.15) is 0 Å². The normalized spacial score (nSPS) is 11.2. The predicted molar refractivity (Wildman–Crippen MR) is 74.3 cm³/mol. The van der Waals surface area contributed by atoms with E-state index in [1.807, 2.05) is 0 Å². The van der Waals surface area contributed by atoms with Gasteiger partial charge in [0.1, 0.15) is 18.8 Å². The smallest absolute Gasteiger partial charge is 0.313 e. The molecule has 0 fully saturated rings. The minimum absolute atomic E-state index is 0.249. The molecule has 1 aromatic rings. The van der Waals surface area contributed by atoms with Crippen molar-refractivity contribution in [2.45, 2.75) is 19.8 Å². The quantitative estimate of drug-likeness (QED) is 0.618. The number of nitrogens with one attached hydrogen (secondary N) is 1. The molecule has 0 aliphatic rings. The highest BCUT2D eigenvalue weighted by Gasteiger charge is 2.13. The molecule has 0 aromatic heterocycles. The molecule has 0 aliphatic carbocycles. The van der Waals surface area contributed by atoms with E-state index in [2.05, 4.69) is 10.1 Å². The first kappa shape index (κ1) is 17.5. The summed E-state index contributed by atoms with van der Waals surface area (Å²) in [7, 11) is 0. The minimum Gasteiger partial charge on any atom is -0.459 e. The Balaban J connectivity index is 2.68. The van der Waals surface area contributed by atoms with E-state index in [9.17, 15) is 23.2 Å². The number of esters is 1. The molecule has 1 amide bonds. The highest BCUT2D eigenvalue weighted by molar-refractivity contribution is 5.95. The molecule has 0 heterocycles. The number of allylic oxidation sites excluding steroid dienone is 1. The van der Waals surface area contributed by atoms with E-state index in [0.717, 1.165) is 0 Å². The molecule has 1 rings (SSSR count). The Hall–Kier alpha value is -2.57. The summed E-state index contributed by atoms with van der Waals surface area (Å²) in [6.45, 7) is 0.656. The van der Waals surface area contributed by atoms with Gasteiger partial charge in [0.15, 0.2) is 0 Å². The number of carbonyl (C=O) groups is 3. The summed E-state index contributed by atoms with van der Waals surface area (Å²) in [4.78, 5) is 33.8. The average molecular weight is 311 g/mol. The van der Waals surface area contributed by atoms with Crippen LogP contribution in [0.25, 0.3) is 0 Å². The fourth-order valence-electron chi connectivity index (χ4n) is 1.50. The van der Waals surface area contributed by atoms with Gasteiger partial charge in [-0.1, -0.05) is 18.2 Å². The third-order valence-electron chi connectivity index (χ3n) is 2.42. The van der Waals surface area contributed by atoms with Gasteiger partial charge in [0.2, 0.25) is 0 Å². The molecule has 118 valence electrons. The van der Waals surface area contributed by atoms with Crippen LogP contribution in [0.1, 0.15) is 23.7 Å². The summed E-state index contributed by atoms with van der Waals surface area (Å²) < 4.78 is 29.6. The molecular formula is C15H15F2NO4. The molecule has 0 bridgehead atoms. The van der Waals surface area contributed by atoms with Crippen molar-refractivity contribution in [3.63, 3.8) is 0 Å². The third-order valence-corrected chi connectivity index (χ3v) is 2.42. The lowest BCUT2D eigenvalue weighted by molar-refractivity contribution is -0.144. The molecule has 22 heavy (non-hydrogen) atoms. The molecule has 0 aliphatic heterocycles. The molecule has 7 heteroatoms. The largest absolute Gasteiger partial charge is 0.459 e. The van der Waals surface area contributed by atoms with Crippen LogP contribution in [-0.4, -0.2) is 30.7 Å². The zero-order chi connectivity index (χ0) is 16.5. The van der Waals surface area contributed by atoms with E-state index < -0.39 is 37.1 Å². The molecule has 0 saturated heterocycles. The zero-order valence-electron chi connectivity index (χ0n) is 11.8. The van der Waals surface area contributed by atoms with Crippen LogP contribution in [0.2, 0.25) is 0 Å². The van der Waals surface area contributed by atoms with Gasteiger partial charge in [-0.3, -0.25) is 14.4 Å². The molecule has 0 spiro atoms. The highest BCUT2D eigenvalue weighted by atomic mass is 19.3. The molecule has 1 N–H and O–H groups in total. The maximum absolute atomic E-state index is 12.5. The van der Waals surface area contributed by atoms with Crippen LogP contribution in [0.3, 0.4) is 0 Å². The average Bonchev–Trinajstić information content (AvgIpc) is 2.44. The summed E-state index contributed by atoms with van der Waals surface area (Å²) in [6.07, 6.45) is -2.80. The van der Waals surface area contributed by atoms with Gasteiger partial charge < -0.3 is 10.1 Å². The van der Waals surface area contributed by atoms with Gasteiger partial charge in [0.25, 0.3) is 12.3 Å². The fraction of sp³-hybridized carbons (Fsp3) is 0.267. The standard InChI is InChI=1S/C15H15F2NO4/c1-10(19)7-14(20)22-9-12(8-13(16)17)18-15(21)11-5-3-2-4-6-11/h2-6,8,13H,7,9H2,1H3,(H,18,21). The number of amides is 1. The van der Waals surface area contributed by atoms with Crippen LogP contribution in [-0.2, 0) is 14.3 Å². The Labute approximate surface area is 126 Å². The summed E-state index contributed by atoms with van der Waals surface area (Å²) >= 11 is 0. The second kappa shape index (κ2) is 8.66. The Morgan fingerprint density at radius 1 is 1.23 bits per heavy atom. The van der Waals surface area contributed by atoms with Gasteiger partial charge in [0.05, 0.1) is 5.70 Å². The van der Waals surface area contributed by atoms with E-state index in [4.69, 9.17) is 0 Å². The number of benzene rings is 1. The molecule has 0 unspecified atom stereocenters. The van der Waals surface area contributed by atoms with Gasteiger partial charge >= 0.3 is 5.97 Å². The number of hydrogen-bond donors (Lipinski definition) is 1. The number of ketones is 1. The van der Waals surface area contributed by atoms with Crippen molar-refractivity contribution in [1.29, 1.82) is 0 Å². The summed E-state index contributed by atoms with van der Waals surface area (Å²) in [5.41, 5.74) is 0.0264. The van der Waals surface area contributed by atoms with Crippen molar-refractivity contribution in [3.05, 3.63) is 47.7 Å². The Kier molecular flexibility index (Phi) is 6.88. The first-order valence-electron chi connectivity index (χ1n) is 6.38. The molecule has 0 atom stereocenters. The van der Waals surface area contributed by atoms with Gasteiger partial charge in [-0.05, 0) is 19.1 Å². The lowest BCUT2D eigenvalue weighted by Crippen LogP contribution is -2.27. The number of Topliss-reactive ketones (excluding diaryl/α,β-unsaturated/α-hetero) is 1. The van der Waals surface area contributed by atoms with Crippen molar-refractivity contribution in [1.82, 2.24) is 5.32 Å². The van der Waals surface area contributed by atoms with Crippen LogP contribution in [0.5, 0.6) is 0 Å². The third kappa shape index (κ3) is 6.74. The molecule has 0 radical (unpaired) electrons. The fourth-order valence-corrected chi connectivity index (χ4v) is 1.50. The van der Waals surface area contributed by atoms with Gasteiger partial charge in [-0.15, -0.1) is 0 Å². The number of ether oxygens (including phenoxy) is 1. The maximum Gasteiger partial charge on any atom is 0.313 e. The van der Waals surface area contributed by atoms with Crippen LogP contribution in [0.4, 0.5) is 8.78 Å². The Bertz CT molecular complexity index is 570. The van der Waals surface area contributed by atoms with Crippen molar-refractivity contribution >= 4 is 17.7 Å². The topological polar surface area (TPSA) is 72.5 Å². The number of carbonyl (C=O) groups excluding carboxylic acids is 3. The van der Waals surface area contributed by atoms with E-state index in [1.165, 1.54) is 19.1 Å². The van der Waals surface area contributed by atoms with E-state index in [1.54, 1.807) is 18.2 Å². The predicted octanol–water partition coefficient (Wildman–Crippen LogP) is 2.09. The van der Waals surface area contributed by atoms with Gasteiger partial charge in [-0.25, -0.2) is 8.78 Å². The number of hydrogen-bond acceptors (Lipinski definition) is 4.